The third kappa shape index (κ3) is 3.40. The molecule has 0 saturated carbocycles. The van der Waals surface area contributed by atoms with E-state index in [0.29, 0.717) is 12.2 Å². The van der Waals surface area contributed by atoms with E-state index in [-0.39, 0.29) is 10.6 Å². The maximum Gasteiger partial charge on any atom is 0.292 e. The molecule has 2 rings (SSSR count). The Bertz CT molecular complexity index is 693. The highest BCUT2D eigenvalue weighted by Crippen LogP contribution is 2.28. The molecule has 2 aromatic carbocycles. The zero-order valence-electron chi connectivity index (χ0n) is 12.9. The van der Waals surface area contributed by atoms with Crippen LogP contribution in [0, 0.1) is 37.8 Å². The van der Waals surface area contributed by atoms with Gasteiger partial charge in [-0.25, -0.2) is 0 Å². The number of nitrogens with one attached hydrogen (secondary N) is 1. The van der Waals surface area contributed by atoms with Gasteiger partial charge in [0.05, 0.1) is 4.92 Å². The van der Waals surface area contributed by atoms with Crippen molar-refractivity contribution in [2.24, 2.45) is 0 Å². The smallest absolute Gasteiger partial charge is 0.292 e. The van der Waals surface area contributed by atoms with Crippen LogP contribution in [0.4, 0.5) is 11.4 Å². The summed E-state index contributed by atoms with van der Waals surface area (Å²) in [6.45, 7) is 8.53. The van der Waals surface area contributed by atoms with Crippen LogP contribution < -0.4 is 5.32 Å². The summed E-state index contributed by atoms with van der Waals surface area (Å²) in [4.78, 5) is 10.8. The molecule has 0 heterocycles. The predicted octanol–water partition coefficient (Wildman–Crippen LogP) is 4.44. The molecule has 0 aliphatic heterocycles. The highest BCUT2D eigenvalue weighted by Gasteiger charge is 2.15. The van der Waals surface area contributed by atoms with Crippen molar-refractivity contribution in [2.45, 2.75) is 34.2 Å². The van der Waals surface area contributed by atoms with Gasteiger partial charge in [0.25, 0.3) is 5.69 Å². The Morgan fingerprint density at radius 3 is 2.29 bits per heavy atom. The van der Waals surface area contributed by atoms with Crippen molar-refractivity contribution in [3.05, 3.63) is 68.3 Å². The molecule has 0 unspecified atom stereocenters. The maximum atomic E-state index is 11.2. The third-order valence-corrected chi connectivity index (χ3v) is 3.78. The lowest BCUT2D eigenvalue weighted by atomic mass is 10.0. The fourth-order valence-corrected chi connectivity index (χ4v) is 2.33. The van der Waals surface area contributed by atoms with Crippen LogP contribution in [-0.2, 0) is 6.54 Å². The minimum absolute atomic E-state index is 0.128. The first-order valence-electron chi connectivity index (χ1n) is 6.94. The van der Waals surface area contributed by atoms with E-state index in [1.54, 1.807) is 6.07 Å². The van der Waals surface area contributed by atoms with E-state index in [0.717, 1.165) is 16.7 Å². The van der Waals surface area contributed by atoms with Crippen molar-refractivity contribution in [3.63, 3.8) is 0 Å². The highest BCUT2D eigenvalue weighted by molar-refractivity contribution is 5.64. The summed E-state index contributed by atoms with van der Waals surface area (Å²) in [6, 6.07) is 9.70. The molecule has 1 N–H and O–H groups in total. The lowest BCUT2D eigenvalue weighted by Crippen LogP contribution is -2.05. The first-order valence-corrected chi connectivity index (χ1v) is 6.94. The zero-order valence-corrected chi connectivity index (χ0v) is 12.9. The van der Waals surface area contributed by atoms with Crippen molar-refractivity contribution >= 4 is 11.4 Å². The molecule has 0 atom stereocenters. The van der Waals surface area contributed by atoms with Gasteiger partial charge in [-0.05, 0) is 56.0 Å². The van der Waals surface area contributed by atoms with Crippen molar-refractivity contribution in [1.29, 1.82) is 0 Å². The molecule has 0 aliphatic rings. The van der Waals surface area contributed by atoms with Gasteiger partial charge in [0.1, 0.15) is 5.69 Å². The van der Waals surface area contributed by atoms with Gasteiger partial charge in [0.15, 0.2) is 0 Å². The summed E-state index contributed by atoms with van der Waals surface area (Å²) in [5.41, 5.74) is 6.23. The summed E-state index contributed by atoms with van der Waals surface area (Å²) in [5, 5.41) is 14.4. The number of nitrogens with zero attached hydrogens (tertiary/aromatic N) is 1. The SMILES string of the molecule is Cc1ccc(CNc2cc(C)c(C)cc2[N+](=O)[O-])c(C)c1. The van der Waals surface area contributed by atoms with E-state index in [9.17, 15) is 10.1 Å². The Kier molecular flexibility index (Phi) is 4.26. The molecule has 4 heteroatoms. The fourth-order valence-electron chi connectivity index (χ4n) is 2.33. The second-order valence-electron chi connectivity index (χ2n) is 5.49. The third-order valence-electron chi connectivity index (χ3n) is 3.78. The fraction of sp³-hybridized carbons (Fsp3) is 0.294. The number of benzene rings is 2. The molecular weight excluding hydrogens is 264 g/mol. The Labute approximate surface area is 125 Å². The first-order chi connectivity index (χ1) is 9.88. The number of hydrogen-bond acceptors (Lipinski definition) is 3. The van der Waals surface area contributed by atoms with E-state index in [1.807, 2.05) is 19.9 Å². The molecule has 110 valence electrons. The van der Waals surface area contributed by atoms with Crippen molar-refractivity contribution < 1.29 is 4.92 Å². The summed E-state index contributed by atoms with van der Waals surface area (Å²) < 4.78 is 0. The zero-order chi connectivity index (χ0) is 15.6. The molecule has 0 bridgehead atoms. The van der Waals surface area contributed by atoms with Crippen LogP contribution in [0.1, 0.15) is 27.8 Å². The van der Waals surface area contributed by atoms with Gasteiger partial charge in [-0.3, -0.25) is 10.1 Å². The van der Waals surface area contributed by atoms with Gasteiger partial charge in [0, 0.05) is 12.6 Å². The largest absolute Gasteiger partial charge is 0.375 e. The van der Waals surface area contributed by atoms with Gasteiger partial charge in [-0.15, -0.1) is 0 Å². The molecule has 0 fully saturated rings. The second-order valence-corrected chi connectivity index (χ2v) is 5.49. The first kappa shape index (κ1) is 15.0. The molecule has 2 aromatic rings. The van der Waals surface area contributed by atoms with Crippen molar-refractivity contribution in [1.82, 2.24) is 0 Å². The molecule has 0 radical (unpaired) electrons. The van der Waals surface area contributed by atoms with Crippen LogP contribution in [-0.4, -0.2) is 4.92 Å². The quantitative estimate of drug-likeness (QED) is 0.667. The number of rotatable bonds is 4. The van der Waals surface area contributed by atoms with Gasteiger partial charge >= 0.3 is 0 Å². The minimum atomic E-state index is -0.337. The van der Waals surface area contributed by atoms with Crippen LogP contribution in [0.5, 0.6) is 0 Å². The predicted molar refractivity (Wildman–Crippen MR) is 85.8 cm³/mol. The van der Waals surface area contributed by atoms with Crippen LogP contribution in [0.25, 0.3) is 0 Å². The van der Waals surface area contributed by atoms with Gasteiger partial charge in [-0.2, -0.15) is 0 Å². The van der Waals surface area contributed by atoms with Gasteiger partial charge in [-0.1, -0.05) is 23.8 Å². The van der Waals surface area contributed by atoms with E-state index in [2.05, 4.69) is 37.4 Å². The molecule has 0 aromatic heterocycles. The van der Waals surface area contributed by atoms with Crippen LogP contribution in [0.2, 0.25) is 0 Å². The average molecular weight is 284 g/mol. The summed E-state index contributed by atoms with van der Waals surface area (Å²) in [5.74, 6) is 0. The average Bonchev–Trinajstić information content (AvgIpc) is 2.41. The van der Waals surface area contributed by atoms with Gasteiger partial charge in [0.2, 0.25) is 0 Å². The van der Waals surface area contributed by atoms with E-state index < -0.39 is 0 Å². The lowest BCUT2D eigenvalue weighted by Gasteiger charge is -2.12. The number of hydrogen-bond donors (Lipinski definition) is 1. The molecule has 0 amide bonds. The molecule has 0 saturated heterocycles. The monoisotopic (exact) mass is 284 g/mol. The van der Waals surface area contributed by atoms with E-state index in [1.165, 1.54) is 11.1 Å². The topological polar surface area (TPSA) is 55.2 Å². The van der Waals surface area contributed by atoms with Crippen LogP contribution in [0.3, 0.4) is 0 Å². The van der Waals surface area contributed by atoms with Crippen molar-refractivity contribution in [2.75, 3.05) is 5.32 Å². The Balaban J connectivity index is 2.27. The normalized spacial score (nSPS) is 10.5. The maximum absolute atomic E-state index is 11.2. The number of aryl methyl sites for hydroxylation is 4. The van der Waals surface area contributed by atoms with Crippen LogP contribution >= 0.6 is 0 Å². The van der Waals surface area contributed by atoms with E-state index in [4.69, 9.17) is 0 Å². The number of anilines is 1. The minimum Gasteiger partial charge on any atom is -0.375 e. The molecule has 0 spiro atoms. The van der Waals surface area contributed by atoms with E-state index >= 15 is 0 Å². The molecule has 21 heavy (non-hydrogen) atoms. The summed E-state index contributed by atoms with van der Waals surface area (Å²) in [6.07, 6.45) is 0. The summed E-state index contributed by atoms with van der Waals surface area (Å²) in [7, 11) is 0. The molecular formula is C17H20N2O2. The summed E-state index contributed by atoms with van der Waals surface area (Å²) >= 11 is 0. The second kappa shape index (κ2) is 5.95. The lowest BCUT2D eigenvalue weighted by molar-refractivity contribution is -0.384. The Morgan fingerprint density at radius 1 is 1.00 bits per heavy atom. The molecule has 0 aliphatic carbocycles. The number of nitro groups is 1. The van der Waals surface area contributed by atoms with Crippen LogP contribution in [0.15, 0.2) is 30.3 Å². The Hall–Kier alpha value is -2.36. The number of nitro benzene ring substituents is 1. The Morgan fingerprint density at radius 2 is 1.67 bits per heavy atom. The highest BCUT2D eigenvalue weighted by atomic mass is 16.6. The van der Waals surface area contributed by atoms with Gasteiger partial charge < -0.3 is 5.32 Å². The standard InChI is InChI=1S/C17H20N2O2/c1-11-5-6-15(14(4)7-11)10-18-16-8-12(2)13(3)9-17(16)19(20)21/h5-9,18H,10H2,1-4H3. The van der Waals surface area contributed by atoms with Crippen molar-refractivity contribution in [3.8, 4) is 0 Å². The molecule has 4 nitrogen and oxygen atoms in total.